The van der Waals surface area contributed by atoms with Gasteiger partial charge in [0, 0.05) is 19.2 Å². The van der Waals surface area contributed by atoms with E-state index in [0.29, 0.717) is 6.04 Å². The van der Waals surface area contributed by atoms with Crippen LogP contribution in [0.1, 0.15) is 12.5 Å². The first-order chi connectivity index (χ1) is 8.70. The van der Waals surface area contributed by atoms with Gasteiger partial charge in [0.25, 0.3) is 0 Å². The highest BCUT2D eigenvalue weighted by molar-refractivity contribution is 5.38. The smallest absolute Gasteiger partial charge is 0.124 e. The number of aryl methyl sites for hydroxylation is 1. The van der Waals surface area contributed by atoms with Crippen molar-refractivity contribution in [1.29, 1.82) is 0 Å². The summed E-state index contributed by atoms with van der Waals surface area (Å²) in [6.45, 7) is 2.15. The van der Waals surface area contributed by atoms with Crippen LogP contribution in [0.4, 0.5) is 5.82 Å². The van der Waals surface area contributed by atoms with Crippen LogP contribution in [-0.4, -0.2) is 22.9 Å². The Morgan fingerprint density at radius 2 is 2.11 bits per heavy atom. The van der Waals surface area contributed by atoms with Crippen molar-refractivity contribution < 1.29 is 4.74 Å². The Labute approximate surface area is 108 Å². The number of benzene rings is 1. The van der Waals surface area contributed by atoms with Gasteiger partial charge in [-0.2, -0.15) is 5.10 Å². The fraction of sp³-hybridized carbons (Fsp3) is 0.357. The zero-order valence-corrected chi connectivity index (χ0v) is 11.1. The molecule has 0 aliphatic heterocycles. The number of para-hydroxylation sites is 1. The monoisotopic (exact) mass is 245 g/mol. The molecule has 0 aliphatic carbocycles. The number of hydrogen-bond acceptors (Lipinski definition) is 3. The summed E-state index contributed by atoms with van der Waals surface area (Å²) in [4.78, 5) is 0. The van der Waals surface area contributed by atoms with Crippen molar-refractivity contribution in [3.05, 3.63) is 42.1 Å². The van der Waals surface area contributed by atoms with E-state index >= 15 is 0 Å². The average molecular weight is 245 g/mol. The van der Waals surface area contributed by atoms with E-state index in [0.717, 1.165) is 18.0 Å². The third-order valence-corrected chi connectivity index (χ3v) is 2.93. The molecule has 4 nitrogen and oxygen atoms in total. The van der Waals surface area contributed by atoms with Gasteiger partial charge in [-0.25, -0.2) is 0 Å². The van der Waals surface area contributed by atoms with Crippen LogP contribution < -0.4 is 10.1 Å². The zero-order chi connectivity index (χ0) is 13.0. The number of nitrogens with zero attached hydrogens (tertiary/aromatic N) is 2. The summed E-state index contributed by atoms with van der Waals surface area (Å²) >= 11 is 0. The topological polar surface area (TPSA) is 39.1 Å². The third-order valence-electron chi connectivity index (χ3n) is 2.93. The van der Waals surface area contributed by atoms with Crippen molar-refractivity contribution in [2.75, 3.05) is 12.4 Å². The van der Waals surface area contributed by atoms with Gasteiger partial charge in [-0.05, 0) is 25.0 Å². The maximum absolute atomic E-state index is 5.36. The van der Waals surface area contributed by atoms with Crippen LogP contribution in [0.3, 0.4) is 0 Å². The number of methoxy groups -OCH3 is 1. The molecule has 4 heteroatoms. The molecule has 0 fully saturated rings. The lowest BCUT2D eigenvalue weighted by Crippen LogP contribution is -2.20. The summed E-state index contributed by atoms with van der Waals surface area (Å²) in [5.74, 6) is 1.97. The van der Waals surface area contributed by atoms with Gasteiger partial charge in [0.05, 0.1) is 13.3 Å². The second-order valence-electron chi connectivity index (χ2n) is 4.40. The molecule has 1 aromatic heterocycles. The Balaban J connectivity index is 2.03. The fourth-order valence-corrected chi connectivity index (χ4v) is 2.02. The minimum Gasteiger partial charge on any atom is -0.496 e. The van der Waals surface area contributed by atoms with E-state index in [1.807, 2.05) is 36.0 Å². The molecule has 1 N–H and O–H groups in total. The second-order valence-corrected chi connectivity index (χ2v) is 4.40. The van der Waals surface area contributed by atoms with Crippen molar-refractivity contribution in [3.63, 3.8) is 0 Å². The van der Waals surface area contributed by atoms with Crippen molar-refractivity contribution in [3.8, 4) is 5.75 Å². The number of rotatable bonds is 5. The van der Waals surface area contributed by atoms with E-state index in [1.165, 1.54) is 5.56 Å². The van der Waals surface area contributed by atoms with Gasteiger partial charge < -0.3 is 10.1 Å². The van der Waals surface area contributed by atoms with Crippen molar-refractivity contribution >= 4 is 5.82 Å². The largest absolute Gasteiger partial charge is 0.496 e. The van der Waals surface area contributed by atoms with Crippen LogP contribution in [0, 0.1) is 0 Å². The van der Waals surface area contributed by atoms with E-state index in [4.69, 9.17) is 4.74 Å². The van der Waals surface area contributed by atoms with Gasteiger partial charge in [0.15, 0.2) is 0 Å². The van der Waals surface area contributed by atoms with Gasteiger partial charge in [-0.1, -0.05) is 18.2 Å². The van der Waals surface area contributed by atoms with E-state index in [1.54, 1.807) is 13.3 Å². The highest BCUT2D eigenvalue weighted by Crippen LogP contribution is 2.20. The Bertz CT molecular complexity index is 507. The normalized spacial score (nSPS) is 12.2. The molecule has 1 atom stereocenters. The van der Waals surface area contributed by atoms with Crippen LogP contribution in [0.5, 0.6) is 5.75 Å². The van der Waals surface area contributed by atoms with Gasteiger partial charge >= 0.3 is 0 Å². The Morgan fingerprint density at radius 3 is 2.78 bits per heavy atom. The zero-order valence-electron chi connectivity index (χ0n) is 11.1. The standard InChI is InChI=1S/C14H19N3O/c1-11(16-14-8-9-15-17(14)2)10-12-6-4-5-7-13(12)18-3/h4-9,11,16H,10H2,1-3H3. The molecule has 0 saturated carbocycles. The highest BCUT2D eigenvalue weighted by Gasteiger charge is 2.09. The molecule has 0 amide bonds. The Morgan fingerprint density at radius 1 is 1.33 bits per heavy atom. The second kappa shape index (κ2) is 5.58. The lowest BCUT2D eigenvalue weighted by molar-refractivity contribution is 0.409. The summed E-state index contributed by atoms with van der Waals surface area (Å²) in [5.41, 5.74) is 1.21. The molecule has 2 rings (SSSR count). The van der Waals surface area contributed by atoms with Gasteiger partial charge in [0.2, 0.25) is 0 Å². The molecule has 0 bridgehead atoms. The van der Waals surface area contributed by atoms with Gasteiger partial charge in [-0.3, -0.25) is 4.68 Å². The SMILES string of the molecule is COc1ccccc1CC(C)Nc1ccnn1C. The van der Waals surface area contributed by atoms with E-state index < -0.39 is 0 Å². The van der Waals surface area contributed by atoms with Crippen LogP contribution in [0.15, 0.2) is 36.5 Å². The number of hydrogen-bond donors (Lipinski definition) is 1. The maximum Gasteiger partial charge on any atom is 0.124 e. The average Bonchev–Trinajstić information content (AvgIpc) is 2.75. The molecular weight excluding hydrogens is 226 g/mol. The van der Waals surface area contributed by atoms with Crippen molar-refractivity contribution in [1.82, 2.24) is 9.78 Å². The van der Waals surface area contributed by atoms with Crippen LogP contribution in [0.2, 0.25) is 0 Å². The lowest BCUT2D eigenvalue weighted by Gasteiger charge is -2.16. The number of ether oxygens (including phenoxy) is 1. The summed E-state index contributed by atoms with van der Waals surface area (Å²) in [7, 11) is 3.64. The molecule has 1 unspecified atom stereocenters. The first-order valence-electron chi connectivity index (χ1n) is 6.07. The van der Waals surface area contributed by atoms with E-state index in [9.17, 15) is 0 Å². The minimum atomic E-state index is 0.316. The quantitative estimate of drug-likeness (QED) is 0.879. The van der Waals surface area contributed by atoms with Crippen molar-refractivity contribution in [2.24, 2.45) is 7.05 Å². The number of nitrogens with one attached hydrogen (secondary N) is 1. The molecule has 1 aromatic carbocycles. The molecule has 1 heterocycles. The minimum absolute atomic E-state index is 0.316. The highest BCUT2D eigenvalue weighted by atomic mass is 16.5. The predicted octanol–water partition coefficient (Wildman–Crippen LogP) is 2.47. The third kappa shape index (κ3) is 2.83. The van der Waals surface area contributed by atoms with E-state index in [2.05, 4.69) is 23.4 Å². The van der Waals surface area contributed by atoms with Gasteiger partial charge in [-0.15, -0.1) is 0 Å². The first-order valence-corrected chi connectivity index (χ1v) is 6.07. The summed E-state index contributed by atoms with van der Waals surface area (Å²) in [6, 6.07) is 10.4. The summed E-state index contributed by atoms with van der Waals surface area (Å²) in [6.07, 6.45) is 2.70. The molecule has 96 valence electrons. The summed E-state index contributed by atoms with van der Waals surface area (Å²) in [5, 5.41) is 7.57. The lowest BCUT2D eigenvalue weighted by atomic mass is 10.1. The number of aromatic nitrogens is 2. The van der Waals surface area contributed by atoms with Gasteiger partial charge in [0.1, 0.15) is 11.6 Å². The maximum atomic E-state index is 5.36. The van der Waals surface area contributed by atoms with Crippen LogP contribution in [-0.2, 0) is 13.5 Å². The van der Waals surface area contributed by atoms with Crippen LogP contribution in [0.25, 0.3) is 0 Å². The molecule has 0 saturated heterocycles. The summed E-state index contributed by atoms with van der Waals surface area (Å²) < 4.78 is 7.19. The fourth-order valence-electron chi connectivity index (χ4n) is 2.02. The molecule has 2 aromatic rings. The van der Waals surface area contributed by atoms with Crippen LogP contribution >= 0.6 is 0 Å². The molecule has 0 radical (unpaired) electrons. The Kier molecular flexibility index (Phi) is 3.87. The predicted molar refractivity (Wildman–Crippen MR) is 73.0 cm³/mol. The van der Waals surface area contributed by atoms with E-state index in [-0.39, 0.29) is 0 Å². The first kappa shape index (κ1) is 12.5. The van der Waals surface area contributed by atoms with Crippen molar-refractivity contribution in [2.45, 2.75) is 19.4 Å². The molecule has 0 spiro atoms. The molecule has 18 heavy (non-hydrogen) atoms. The Hall–Kier alpha value is -1.97. The molecular formula is C14H19N3O. The number of anilines is 1. The molecule has 0 aliphatic rings.